The number of aromatic nitrogens is 3. The van der Waals surface area contributed by atoms with Crippen molar-refractivity contribution in [3.8, 4) is 10.4 Å². The summed E-state index contributed by atoms with van der Waals surface area (Å²) in [6.45, 7) is 4.22. The zero-order valence-electron chi connectivity index (χ0n) is 18.5. The van der Waals surface area contributed by atoms with Gasteiger partial charge in [-0.2, -0.15) is 0 Å². The zero-order valence-corrected chi connectivity index (χ0v) is 20.1. The Hall–Kier alpha value is -3.08. The number of ether oxygens (including phenoxy) is 2. The largest absolute Gasteiger partial charge is 0.456 e. The lowest BCUT2D eigenvalue weighted by Gasteiger charge is -2.09. The van der Waals surface area contributed by atoms with Crippen molar-refractivity contribution in [1.29, 1.82) is 0 Å². The molecule has 8 nitrogen and oxygen atoms in total. The van der Waals surface area contributed by atoms with Crippen molar-refractivity contribution in [3.05, 3.63) is 62.6 Å². The van der Waals surface area contributed by atoms with Gasteiger partial charge in [0.05, 0.1) is 18.3 Å². The number of rotatable bonds is 9. The van der Waals surface area contributed by atoms with E-state index in [0.717, 1.165) is 21.8 Å². The molecule has 0 fully saturated rings. The van der Waals surface area contributed by atoms with Crippen molar-refractivity contribution in [3.63, 3.8) is 0 Å². The van der Waals surface area contributed by atoms with Crippen molar-refractivity contribution in [2.75, 3.05) is 20.3 Å². The Labute approximate surface area is 198 Å². The predicted molar refractivity (Wildman–Crippen MR) is 128 cm³/mol. The van der Waals surface area contributed by atoms with Crippen LogP contribution in [0.5, 0.6) is 0 Å². The summed E-state index contributed by atoms with van der Waals surface area (Å²) in [7, 11) is 1.62. The number of ketones is 1. The molecule has 33 heavy (non-hydrogen) atoms. The molecule has 4 aromatic rings. The minimum absolute atomic E-state index is 0.293. The topological polar surface area (TPSA) is 92.4 Å². The zero-order chi connectivity index (χ0) is 23.5. The number of aryl methyl sites for hydroxylation is 1. The molecule has 0 aliphatic heterocycles. The van der Waals surface area contributed by atoms with Gasteiger partial charge in [0.1, 0.15) is 11.4 Å². The number of fused-ring (bicyclic) bond motifs is 1. The molecule has 0 radical (unpaired) electrons. The molecule has 0 aliphatic rings. The second-order valence-corrected chi connectivity index (χ2v) is 9.30. The number of methoxy groups -OCH3 is 1. The van der Waals surface area contributed by atoms with E-state index in [9.17, 15) is 14.4 Å². The lowest BCUT2D eigenvalue weighted by atomic mass is 10.1. The summed E-state index contributed by atoms with van der Waals surface area (Å²) in [4.78, 5) is 44.0. The van der Waals surface area contributed by atoms with Crippen molar-refractivity contribution >= 4 is 44.6 Å². The van der Waals surface area contributed by atoms with Crippen molar-refractivity contribution < 1.29 is 19.1 Å². The molecule has 0 bridgehead atoms. The number of nitrogens with zero attached hydrogens (tertiary/aromatic N) is 3. The van der Waals surface area contributed by atoms with E-state index in [1.807, 2.05) is 41.3 Å². The van der Waals surface area contributed by atoms with Crippen LogP contribution < -0.4 is 5.56 Å². The van der Waals surface area contributed by atoms with Gasteiger partial charge in [-0.15, -0.1) is 22.7 Å². The second kappa shape index (κ2) is 9.82. The Morgan fingerprint density at radius 2 is 2.03 bits per heavy atom. The fraction of sp³-hybridized carbons (Fsp3) is 0.304. The lowest BCUT2D eigenvalue weighted by Crippen LogP contribution is -2.26. The summed E-state index contributed by atoms with van der Waals surface area (Å²) in [5.74, 6) is -0.966. The van der Waals surface area contributed by atoms with E-state index in [1.54, 1.807) is 13.2 Å². The molecule has 0 N–H and O–H groups in total. The van der Waals surface area contributed by atoms with Crippen molar-refractivity contribution in [1.82, 2.24) is 14.1 Å². The summed E-state index contributed by atoms with van der Waals surface area (Å²) < 4.78 is 13.5. The van der Waals surface area contributed by atoms with Crippen molar-refractivity contribution in [2.45, 2.75) is 26.9 Å². The van der Waals surface area contributed by atoms with Gasteiger partial charge >= 0.3 is 5.97 Å². The van der Waals surface area contributed by atoms with Gasteiger partial charge in [0.15, 0.2) is 6.61 Å². The van der Waals surface area contributed by atoms with Gasteiger partial charge in [-0.25, -0.2) is 4.98 Å². The predicted octanol–water partition coefficient (Wildman–Crippen LogP) is 3.68. The molecule has 10 heteroatoms. The van der Waals surface area contributed by atoms with Crippen LogP contribution in [0.25, 0.3) is 20.7 Å². The maximum absolute atomic E-state index is 13.0. The van der Waals surface area contributed by atoms with E-state index in [1.165, 1.54) is 33.6 Å². The van der Waals surface area contributed by atoms with Gasteiger partial charge < -0.3 is 14.0 Å². The van der Waals surface area contributed by atoms with Crippen LogP contribution in [0.4, 0.5) is 0 Å². The average molecular weight is 486 g/mol. The van der Waals surface area contributed by atoms with E-state index in [0.29, 0.717) is 28.9 Å². The molecule has 0 aromatic carbocycles. The highest BCUT2D eigenvalue weighted by molar-refractivity contribution is 7.18. The number of esters is 1. The summed E-state index contributed by atoms with van der Waals surface area (Å²) >= 11 is 2.92. The van der Waals surface area contributed by atoms with E-state index < -0.39 is 12.6 Å². The molecule has 0 aliphatic carbocycles. The molecular weight excluding hydrogens is 462 g/mol. The highest BCUT2D eigenvalue weighted by Crippen LogP contribution is 2.33. The highest BCUT2D eigenvalue weighted by Gasteiger charge is 2.19. The minimum Gasteiger partial charge on any atom is -0.456 e. The normalized spacial score (nSPS) is 11.2. The third-order valence-electron chi connectivity index (χ3n) is 5.40. The Bertz CT molecular complexity index is 1360. The molecule has 0 spiro atoms. The van der Waals surface area contributed by atoms with E-state index in [-0.39, 0.29) is 17.9 Å². The fourth-order valence-corrected chi connectivity index (χ4v) is 5.43. The van der Waals surface area contributed by atoms with Gasteiger partial charge in [-0.3, -0.25) is 19.0 Å². The standard InChI is InChI=1S/C23H23N3O5S2/c1-14-9-16(15(2)26(14)6-7-30-3)18(27)11-31-20(28)10-25-13-24-22-21(23(25)29)17(12-33-22)19-5-4-8-32-19/h4-5,8-9,12-13H,6-7,10-11H2,1-3H3. The molecule has 0 unspecified atom stereocenters. The smallest absolute Gasteiger partial charge is 0.326 e. The second-order valence-electron chi connectivity index (χ2n) is 7.50. The minimum atomic E-state index is -0.673. The third kappa shape index (κ3) is 4.68. The molecule has 0 saturated carbocycles. The third-order valence-corrected chi connectivity index (χ3v) is 7.19. The van der Waals surface area contributed by atoms with Crippen LogP contribution >= 0.6 is 22.7 Å². The van der Waals surface area contributed by atoms with Gasteiger partial charge in [-0.05, 0) is 31.4 Å². The summed E-state index contributed by atoms with van der Waals surface area (Å²) in [5, 5.41) is 4.32. The maximum atomic E-state index is 13.0. The molecule has 0 saturated heterocycles. The van der Waals surface area contributed by atoms with Gasteiger partial charge in [0.2, 0.25) is 5.78 Å². The van der Waals surface area contributed by atoms with Gasteiger partial charge in [0.25, 0.3) is 5.56 Å². The molecular formula is C23H23N3O5S2. The SMILES string of the molecule is COCCn1c(C)cc(C(=O)COC(=O)Cn2cnc3scc(-c4cccs4)c3c2=O)c1C. The number of thiophene rings is 2. The van der Waals surface area contributed by atoms with E-state index >= 15 is 0 Å². The summed E-state index contributed by atoms with van der Waals surface area (Å²) in [6, 6.07) is 5.64. The summed E-state index contributed by atoms with van der Waals surface area (Å²) in [6.07, 6.45) is 1.34. The Balaban J connectivity index is 1.45. The van der Waals surface area contributed by atoms with Gasteiger partial charge in [0, 0.05) is 46.4 Å². The van der Waals surface area contributed by atoms with Crippen LogP contribution in [0.2, 0.25) is 0 Å². The van der Waals surface area contributed by atoms with Crippen LogP contribution in [-0.2, 0) is 27.4 Å². The Kier molecular flexibility index (Phi) is 6.87. The quantitative estimate of drug-likeness (QED) is 0.265. The molecule has 172 valence electrons. The molecule has 4 aromatic heterocycles. The first-order chi connectivity index (χ1) is 15.9. The monoisotopic (exact) mass is 485 g/mol. The highest BCUT2D eigenvalue weighted by atomic mass is 32.1. The number of hydrogen-bond acceptors (Lipinski definition) is 8. The van der Waals surface area contributed by atoms with Crippen LogP contribution in [0.15, 0.2) is 40.1 Å². The first kappa shape index (κ1) is 23.1. The van der Waals surface area contributed by atoms with Crippen molar-refractivity contribution in [2.24, 2.45) is 0 Å². The van der Waals surface area contributed by atoms with Crippen LogP contribution in [-0.4, -0.2) is 46.2 Å². The maximum Gasteiger partial charge on any atom is 0.326 e. The first-order valence-corrected chi connectivity index (χ1v) is 12.0. The Morgan fingerprint density at radius 1 is 1.21 bits per heavy atom. The lowest BCUT2D eigenvalue weighted by molar-refractivity contribution is -0.143. The van der Waals surface area contributed by atoms with E-state index in [4.69, 9.17) is 9.47 Å². The molecule has 4 heterocycles. The number of Topliss-reactive ketones (excluding diaryl/α,β-unsaturated/α-hetero) is 1. The Morgan fingerprint density at radius 3 is 2.76 bits per heavy atom. The van der Waals surface area contributed by atoms with E-state index in [2.05, 4.69) is 4.98 Å². The van der Waals surface area contributed by atoms with Gasteiger partial charge in [-0.1, -0.05) is 6.07 Å². The van der Waals surface area contributed by atoms with Crippen LogP contribution in [0, 0.1) is 13.8 Å². The average Bonchev–Trinajstić information content (AvgIpc) is 3.52. The van der Waals surface area contributed by atoms with Crippen LogP contribution in [0.3, 0.4) is 0 Å². The molecule has 4 rings (SSSR count). The fourth-order valence-electron chi connectivity index (χ4n) is 3.71. The van der Waals surface area contributed by atoms with Crippen LogP contribution in [0.1, 0.15) is 21.7 Å². The molecule has 0 amide bonds. The number of carbonyl (C=O) groups is 2. The molecule has 0 atom stereocenters. The summed E-state index contributed by atoms with van der Waals surface area (Å²) in [5.41, 5.74) is 2.74. The number of hydrogen-bond donors (Lipinski definition) is 0. The number of carbonyl (C=O) groups excluding carboxylic acids is 2. The first-order valence-electron chi connectivity index (χ1n) is 10.3.